The molecule has 0 spiro atoms. The topological polar surface area (TPSA) is 89.3 Å². The normalized spacial score (nSPS) is 12.4. The Kier molecular flexibility index (Phi) is 4.79. The highest BCUT2D eigenvalue weighted by Gasteiger charge is 2.28. The van der Waals surface area contributed by atoms with E-state index in [4.69, 9.17) is 34.8 Å². The number of para-hydroxylation sites is 1. The zero-order valence-corrected chi connectivity index (χ0v) is 11.7. The van der Waals surface area contributed by atoms with Crippen molar-refractivity contribution in [3.05, 3.63) is 34.4 Å². The molecule has 0 aliphatic carbocycles. The van der Waals surface area contributed by atoms with Crippen LogP contribution in [0.5, 0.6) is 0 Å². The van der Waals surface area contributed by atoms with Crippen LogP contribution < -0.4 is 4.72 Å². The van der Waals surface area contributed by atoms with E-state index in [1.54, 1.807) is 0 Å². The average molecular weight is 334 g/mol. The van der Waals surface area contributed by atoms with E-state index >= 15 is 0 Å². The summed E-state index contributed by atoms with van der Waals surface area (Å²) >= 11 is 16.2. The zero-order chi connectivity index (χ0) is 14.0. The van der Waals surface area contributed by atoms with Gasteiger partial charge in [0.05, 0.1) is 11.5 Å². The van der Waals surface area contributed by atoms with Crippen LogP contribution in [0, 0.1) is 10.1 Å². The van der Waals surface area contributed by atoms with E-state index in [-0.39, 0.29) is 0 Å². The molecule has 0 saturated heterocycles. The largest absolute Gasteiger partial charge is 0.289 e. The number of nitro benzene ring substituents is 1. The summed E-state index contributed by atoms with van der Waals surface area (Å²) in [7, 11) is -4.11. The van der Waals surface area contributed by atoms with Crippen molar-refractivity contribution >= 4 is 50.5 Å². The number of nitrogens with zero attached hydrogens (tertiary/aromatic N) is 1. The monoisotopic (exact) mass is 332 g/mol. The highest BCUT2D eigenvalue weighted by molar-refractivity contribution is 7.89. The van der Waals surface area contributed by atoms with Crippen molar-refractivity contribution in [3.63, 3.8) is 0 Å². The molecule has 6 nitrogen and oxygen atoms in total. The number of hydrogen-bond donors (Lipinski definition) is 1. The molecule has 1 aromatic carbocycles. The third-order valence-corrected chi connectivity index (χ3v) is 3.66. The fourth-order valence-corrected chi connectivity index (χ4v) is 2.77. The van der Waals surface area contributed by atoms with Gasteiger partial charge in [0, 0.05) is 6.07 Å². The summed E-state index contributed by atoms with van der Waals surface area (Å²) < 4.78 is 23.8. The maximum Gasteiger partial charge on any atom is 0.289 e. The van der Waals surface area contributed by atoms with E-state index in [1.165, 1.54) is 12.1 Å². The molecule has 1 aromatic rings. The number of hydrogen-bond acceptors (Lipinski definition) is 4. The third-order valence-electron chi connectivity index (χ3n) is 1.81. The number of benzene rings is 1. The second-order valence-corrected chi connectivity index (χ2v) is 7.42. The summed E-state index contributed by atoms with van der Waals surface area (Å²) in [4.78, 5) is 9.42. The molecule has 0 radical (unpaired) electrons. The second-order valence-electron chi connectivity index (χ2n) is 3.16. The molecule has 0 fully saturated rings. The molecule has 18 heavy (non-hydrogen) atoms. The molecule has 10 heteroatoms. The van der Waals surface area contributed by atoms with Crippen LogP contribution in [0.25, 0.3) is 0 Å². The van der Waals surface area contributed by atoms with Gasteiger partial charge in [-0.3, -0.25) is 10.1 Å². The Balaban J connectivity index is 3.10. The molecule has 0 aromatic heterocycles. The molecule has 0 aliphatic heterocycles. The maximum absolute atomic E-state index is 11.8. The molecule has 0 aliphatic rings. The van der Waals surface area contributed by atoms with Crippen molar-refractivity contribution in [3.8, 4) is 0 Å². The molecule has 0 saturated carbocycles. The van der Waals surface area contributed by atoms with Gasteiger partial charge in [-0.2, -0.15) is 0 Å². The third kappa shape index (κ3) is 4.25. The van der Waals surface area contributed by atoms with Gasteiger partial charge in [0.15, 0.2) is 4.90 Å². The number of alkyl halides is 3. The lowest BCUT2D eigenvalue weighted by molar-refractivity contribution is -0.387. The van der Waals surface area contributed by atoms with E-state index in [1.807, 2.05) is 4.72 Å². The van der Waals surface area contributed by atoms with Gasteiger partial charge in [-0.1, -0.05) is 46.9 Å². The van der Waals surface area contributed by atoms with Crippen molar-refractivity contribution in [2.75, 3.05) is 6.54 Å². The van der Waals surface area contributed by atoms with Gasteiger partial charge in [0.2, 0.25) is 13.8 Å². The number of halogens is 3. The van der Waals surface area contributed by atoms with Crippen LogP contribution in [-0.2, 0) is 10.0 Å². The van der Waals surface area contributed by atoms with Gasteiger partial charge < -0.3 is 0 Å². The summed E-state index contributed by atoms with van der Waals surface area (Å²) in [6, 6.07) is 4.88. The van der Waals surface area contributed by atoms with Crippen LogP contribution in [0.4, 0.5) is 5.69 Å². The quantitative estimate of drug-likeness (QED) is 0.520. The van der Waals surface area contributed by atoms with Crippen molar-refractivity contribution in [1.82, 2.24) is 4.72 Å². The van der Waals surface area contributed by atoms with E-state index in [0.717, 1.165) is 12.1 Å². The predicted molar refractivity (Wildman–Crippen MR) is 68.6 cm³/mol. The van der Waals surface area contributed by atoms with Crippen molar-refractivity contribution in [2.24, 2.45) is 0 Å². The smallest absolute Gasteiger partial charge is 0.258 e. The second kappa shape index (κ2) is 5.58. The fraction of sp³-hybridized carbons (Fsp3) is 0.250. The van der Waals surface area contributed by atoms with Gasteiger partial charge in [0.1, 0.15) is 0 Å². The molecular weight excluding hydrogens is 327 g/mol. The van der Waals surface area contributed by atoms with Crippen LogP contribution >= 0.6 is 34.8 Å². The van der Waals surface area contributed by atoms with Crippen LogP contribution in [0.15, 0.2) is 29.2 Å². The summed E-state index contributed by atoms with van der Waals surface area (Å²) in [6.45, 7) is -0.494. The molecular formula is C8H7Cl3N2O4S. The molecule has 100 valence electrons. The van der Waals surface area contributed by atoms with Gasteiger partial charge in [-0.15, -0.1) is 0 Å². The first-order chi connectivity index (χ1) is 8.13. The molecule has 0 atom stereocenters. The molecule has 1 rings (SSSR count). The van der Waals surface area contributed by atoms with E-state index in [0.29, 0.717) is 0 Å². The van der Waals surface area contributed by atoms with Gasteiger partial charge >= 0.3 is 0 Å². The first-order valence-corrected chi connectivity index (χ1v) is 7.05. The highest BCUT2D eigenvalue weighted by atomic mass is 35.6. The molecule has 0 bridgehead atoms. The van der Waals surface area contributed by atoms with Crippen LogP contribution in [0.2, 0.25) is 0 Å². The molecule has 0 amide bonds. The van der Waals surface area contributed by atoms with Gasteiger partial charge in [0.25, 0.3) is 5.69 Å². The Morgan fingerprint density at radius 1 is 1.28 bits per heavy atom. The zero-order valence-electron chi connectivity index (χ0n) is 8.64. The molecule has 1 N–H and O–H groups in total. The van der Waals surface area contributed by atoms with E-state index in [2.05, 4.69) is 0 Å². The number of nitro groups is 1. The number of rotatable bonds is 4. The van der Waals surface area contributed by atoms with Crippen LogP contribution in [-0.4, -0.2) is 23.7 Å². The SMILES string of the molecule is O=[N+]([O-])c1ccccc1S(=O)(=O)NCC(Cl)(Cl)Cl. The van der Waals surface area contributed by atoms with Crippen LogP contribution in [0.3, 0.4) is 0 Å². The van der Waals surface area contributed by atoms with Gasteiger partial charge in [-0.25, -0.2) is 13.1 Å². The lowest BCUT2D eigenvalue weighted by atomic mass is 10.3. The highest BCUT2D eigenvalue weighted by Crippen LogP contribution is 2.27. The summed E-state index contributed by atoms with van der Waals surface area (Å²) in [5.41, 5.74) is -0.547. The molecule has 0 heterocycles. The summed E-state index contributed by atoms with van der Waals surface area (Å²) in [6.07, 6.45) is 0. The minimum Gasteiger partial charge on any atom is -0.258 e. The minimum absolute atomic E-state index is 0.482. The number of sulfonamides is 1. The Morgan fingerprint density at radius 3 is 2.33 bits per heavy atom. The lowest BCUT2D eigenvalue weighted by Gasteiger charge is -2.12. The Morgan fingerprint density at radius 2 is 1.83 bits per heavy atom. The average Bonchev–Trinajstić information content (AvgIpc) is 2.26. The Hall–Kier alpha value is -0.600. The minimum atomic E-state index is -4.11. The first-order valence-electron chi connectivity index (χ1n) is 4.43. The maximum atomic E-state index is 11.8. The summed E-state index contributed by atoms with van der Waals surface area (Å²) in [5, 5.41) is 10.7. The summed E-state index contributed by atoms with van der Waals surface area (Å²) in [5.74, 6) is 0. The van der Waals surface area contributed by atoms with E-state index < -0.39 is 35.9 Å². The fourth-order valence-electron chi connectivity index (χ4n) is 1.09. The molecule has 0 unspecified atom stereocenters. The number of nitrogens with one attached hydrogen (secondary N) is 1. The van der Waals surface area contributed by atoms with Crippen molar-refractivity contribution in [1.29, 1.82) is 0 Å². The predicted octanol–water partition coefficient (Wildman–Crippen LogP) is 2.24. The first kappa shape index (κ1) is 15.5. The lowest BCUT2D eigenvalue weighted by Crippen LogP contribution is -2.32. The Bertz CT molecular complexity index is 556. The Labute approximate surface area is 118 Å². The van der Waals surface area contributed by atoms with Crippen molar-refractivity contribution < 1.29 is 13.3 Å². The van der Waals surface area contributed by atoms with Gasteiger partial charge in [-0.05, 0) is 6.07 Å². The van der Waals surface area contributed by atoms with Crippen LogP contribution in [0.1, 0.15) is 0 Å². The van der Waals surface area contributed by atoms with Crippen molar-refractivity contribution in [2.45, 2.75) is 8.69 Å². The standard InChI is InChI=1S/C8H7Cl3N2O4S/c9-8(10,11)5-12-18(16,17)7-4-2-1-3-6(7)13(14)15/h1-4,12H,5H2. The van der Waals surface area contributed by atoms with E-state index in [9.17, 15) is 18.5 Å².